The van der Waals surface area contributed by atoms with Gasteiger partial charge in [-0.1, -0.05) is 60.4 Å². The maximum Gasteiger partial charge on any atom is 4.00 e. The minimum atomic E-state index is 0. The zero-order valence-electron chi connectivity index (χ0n) is 18.2. The number of benzene rings is 2. The van der Waals surface area contributed by atoms with Gasteiger partial charge in [-0.25, -0.2) is 0 Å². The van der Waals surface area contributed by atoms with Gasteiger partial charge in [-0.3, -0.25) is 0 Å². The van der Waals surface area contributed by atoms with Crippen LogP contribution < -0.4 is 24.8 Å². The molecule has 0 saturated heterocycles. The molecular formula is C30H22Cl2Zr. The third kappa shape index (κ3) is 3.78. The Morgan fingerprint density at radius 2 is 1.03 bits per heavy atom. The average molecular weight is 545 g/mol. The van der Waals surface area contributed by atoms with Crippen LogP contribution in [0.4, 0.5) is 0 Å². The molecule has 5 aliphatic rings. The quantitative estimate of drug-likeness (QED) is 0.416. The molecule has 2 aromatic rings. The summed E-state index contributed by atoms with van der Waals surface area (Å²) in [6.45, 7) is 0. The molecule has 0 fully saturated rings. The second-order valence-corrected chi connectivity index (χ2v) is 8.94. The van der Waals surface area contributed by atoms with Crippen molar-refractivity contribution in [1.82, 2.24) is 0 Å². The van der Waals surface area contributed by atoms with E-state index in [9.17, 15) is 0 Å². The van der Waals surface area contributed by atoms with Gasteiger partial charge < -0.3 is 24.8 Å². The van der Waals surface area contributed by atoms with Crippen molar-refractivity contribution in [2.75, 3.05) is 0 Å². The van der Waals surface area contributed by atoms with Gasteiger partial charge in [0.2, 0.25) is 0 Å². The van der Waals surface area contributed by atoms with E-state index in [1.165, 1.54) is 55.7 Å². The van der Waals surface area contributed by atoms with Crippen LogP contribution in [0.1, 0.15) is 56.3 Å². The number of allylic oxidation sites excluding steroid dienone is 10. The standard InChI is InChI=1S/C30H22.2ClH.Zr/c1-3-7-23-21(5-1)17-29-25-13-9-20-12-16-28-24-8-4-2-6-22(24)18-30(28)26(20)14-10-19(25)11-15-27(23)29;;;/h1-8,11-12,15-16,23-24H,9-10,13-14H2;2*1H;/q-2;;;+4/p-2. The molecule has 3 heteroatoms. The Morgan fingerprint density at radius 1 is 0.576 bits per heavy atom. The summed E-state index contributed by atoms with van der Waals surface area (Å²) in [6.07, 6.45) is 29.6. The molecule has 2 unspecified atom stereocenters. The molecule has 0 radical (unpaired) electrons. The van der Waals surface area contributed by atoms with Crippen LogP contribution in [0.15, 0.2) is 84.0 Å². The Morgan fingerprint density at radius 3 is 1.48 bits per heavy atom. The van der Waals surface area contributed by atoms with Crippen molar-refractivity contribution < 1.29 is 51.0 Å². The molecule has 0 saturated carbocycles. The fraction of sp³-hybridized carbons (Fsp3) is 0.200. The minimum absolute atomic E-state index is 0. The molecule has 5 aliphatic carbocycles. The molecule has 0 aliphatic heterocycles. The van der Waals surface area contributed by atoms with Crippen molar-refractivity contribution in [3.05, 3.63) is 141 Å². The monoisotopic (exact) mass is 542 g/mol. The fourth-order valence-electron chi connectivity index (χ4n) is 5.94. The van der Waals surface area contributed by atoms with E-state index in [0.717, 1.165) is 25.7 Å². The summed E-state index contributed by atoms with van der Waals surface area (Å²) in [4.78, 5) is 0. The van der Waals surface area contributed by atoms with Crippen LogP contribution in [-0.4, -0.2) is 0 Å². The predicted molar refractivity (Wildman–Crippen MR) is 121 cm³/mol. The maximum absolute atomic E-state index is 3.76. The van der Waals surface area contributed by atoms with E-state index in [1.54, 1.807) is 0 Å². The van der Waals surface area contributed by atoms with Crippen LogP contribution in [0, 0.1) is 12.2 Å². The molecule has 0 N–H and O–H groups in total. The summed E-state index contributed by atoms with van der Waals surface area (Å²) in [5.41, 5.74) is 14.4. The number of halogens is 2. The van der Waals surface area contributed by atoms with Crippen LogP contribution in [0.5, 0.6) is 0 Å². The summed E-state index contributed by atoms with van der Waals surface area (Å²) in [7, 11) is 0. The van der Waals surface area contributed by atoms with Gasteiger partial charge in [-0.05, 0) is 24.7 Å². The zero-order chi connectivity index (χ0) is 19.7. The topological polar surface area (TPSA) is 0 Å². The SMILES string of the molecule is [C-]1=C2C=CC=CC2c2ccc3c(c21)CCc1ccc2c(c1CC3)[C-]=C1C=CC=CC12.[Cl-].[Cl-].[Zr+4]. The van der Waals surface area contributed by atoms with E-state index in [2.05, 4.69) is 85.0 Å². The number of rotatable bonds is 0. The van der Waals surface area contributed by atoms with Gasteiger partial charge in [0.1, 0.15) is 0 Å². The van der Waals surface area contributed by atoms with Crippen LogP contribution in [0.3, 0.4) is 0 Å². The summed E-state index contributed by atoms with van der Waals surface area (Å²) in [5, 5.41) is 0. The Kier molecular flexibility index (Phi) is 7.07. The molecule has 0 spiro atoms. The van der Waals surface area contributed by atoms with Crippen molar-refractivity contribution >= 4 is 0 Å². The van der Waals surface area contributed by atoms with E-state index in [1.807, 2.05) is 0 Å². The van der Waals surface area contributed by atoms with E-state index < -0.39 is 0 Å². The van der Waals surface area contributed by atoms with Crippen molar-refractivity contribution in [2.24, 2.45) is 0 Å². The number of hydrogen-bond acceptors (Lipinski definition) is 0. The molecule has 33 heavy (non-hydrogen) atoms. The first-order chi connectivity index (χ1) is 14.9. The van der Waals surface area contributed by atoms with Gasteiger partial charge in [-0.15, -0.1) is 93.1 Å². The Hall–Kier alpha value is -1.66. The molecule has 0 aromatic heterocycles. The van der Waals surface area contributed by atoms with Crippen molar-refractivity contribution in [3.63, 3.8) is 0 Å². The minimum Gasteiger partial charge on any atom is -1.00 e. The second kappa shape index (κ2) is 9.54. The molecule has 7 rings (SSSR count). The second-order valence-electron chi connectivity index (χ2n) is 8.94. The van der Waals surface area contributed by atoms with E-state index in [-0.39, 0.29) is 51.0 Å². The molecule has 2 atom stereocenters. The van der Waals surface area contributed by atoms with E-state index in [4.69, 9.17) is 0 Å². The first kappa shape index (κ1) is 24.5. The Bertz CT molecular complexity index is 1200. The van der Waals surface area contributed by atoms with Crippen LogP contribution in [0.2, 0.25) is 0 Å². The third-order valence-corrected chi connectivity index (χ3v) is 7.43. The van der Waals surface area contributed by atoms with Crippen molar-refractivity contribution in [1.29, 1.82) is 0 Å². The van der Waals surface area contributed by atoms with Gasteiger partial charge in [0.25, 0.3) is 0 Å². The first-order valence-corrected chi connectivity index (χ1v) is 11.1. The molecule has 0 heterocycles. The normalized spacial score (nSPS) is 21.8. The predicted octanol–water partition coefficient (Wildman–Crippen LogP) is 0.178. The maximum atomic E-state index is 3.76. The van der Waals surface area contributed by atoms with Gasteiger partial charge in [0.15, 0.2) is 0 Å². The van der Waals surface area contributed by atoms with E-state index in [0.29, 0.717) is 11.8 Å². The van der Waals surface area contributed by atoms with Gasteiger partial charge in [0.05, 0.1) is 0 Å². The summed E-state index contributed by atoms with van der Waals surface area (Å²) in [5.74, 6) is 0.809. The summed E-state index contributed by atoms with van der Waals surface area (Å²) >= 11 is 0. The Labute approximate surface area is 227 Å². The van der Waals surface area contributed by atoms with Crippen LogP contribution in [-0.2, 0) is 51.9 Å². The number of fused-ring (bicyclic) bond motifs is 10. The zero-order valence-corrected chi connectivity index (χ0v) is 22.1. The molecule has 160 valence electrons. The Balaban J connectivity index is 0.000000864. The van der Waals surface area contributed by atoms with Gasteiger partial charge in [0, 0.05) is 0 Å². The van der Waals surface area contributed by atoms with Crippen molar-refractivity contribution in [3.8, 4) is 0 Å². The molecule has 0 nitrogen and oxygen atoms in total. The molecule has 0 bridgehead atoms. The van der Waals surface area contributed by atoms with E-state index >= 15 is 0 Å². The smallest absolute Gasteiger partial charge is 1.00 e. The third-order valence-electron chi connectivity index (χ3n) is 7.43. The largest absolute Gasteiger partial charge is 4.00 e. The van der Waals surface area contributed by atoms with Crippen LogP contribution in [0.25, 0.3) is 0 Å². The van der Waals surface area contributed by atoms with Crippen LogP contribution >= 0.6 is 0 Å². The first-order valence-electron chi connectivity index (χ1n) is 11.1. The summed E-state index contributed by atoms with van der Waals surface area (Å²) in [6, 6.07) is 9.51. The average Bonchev–Trinajstić information content (AvgIpc) is 3.33. The van der Waals surface area contributed by atoms with Gasteiger partial charge in [-0.2, -0.15) is 0 Å². The molecular weight excluding hydrogens is 522 g/mol. The molecule has 2 aromatic carbocycles. The summed E-state index contributed by atoms with van der Waals surface area (Å²) < 4.78 is 0. The fourth-order valence-corrected chi connectivity index (χ4v) is 5.94. The number of hydrogen-bond donors (Lipinski definition) is 0. The van der Waals surface area contributed by atoms with Gasteiger partial charge >= 0.3 is 26.2 Å². The van der Waals surface area contributed by atoms with Crippen molar-refractivity contribution in [2.45, 2.75) is 37.5 Å². The number of aryl methyl sites for hydroxylation is 2. The molecule has 0 amide bonds.